The van der Waals surface area contributed by atoms with Gasteiger partial charge in [0.05, 0.1) is 5.75 Å². The highest BCUT2D eigenvalue weighted by Crippen LogP contribution is 2.37. The Balaban J connectivity index is 2.72. The van der Waals surface area contributed by atoms with Crippen LogP contribution in [0.5, 0.6) is 0 Å². The lowest BCUT2D eigenvalue weighted by Crippen LogP contribution is -2.66. The van der Waals surface area contributed by atoms with E-state index in [1.165, 1.54) is 0 Å². The first-order chi connectivity index (χ1) is 22.4. The van der Waals surface area contributed by atoms with Crippen molar-refractivity contribution in [1.82, 2.24) is 0 Å². The zero-order valence-electron chi connectivity index (χ0n) is 27.2. The van der Waals surface area contributed by atoms with Gasteiger partial charge in [0, 0.05) is 48.5 Å². The number of hydrogen-bond donors (Lipinski definition) is 1. The van der Waals surface area contributed by atoms with Gasteiger partial charge in [-0.05, 0) is 0 Å². The number of thioether (sulfide) groups is 1. The fourth-order valence-electron chi connectivity index (χ4n) is 4.77. The summed E-state index contributed by atoms with van der Waals surface area (Å²) in [6.45, 7) is 6.24. The minimum absolute atomic E-state index is 0.333. The maximum atomic E-state index is 12.4. The largest absolute Gasteiger partial charge is 0.463 e. The molecule has 19 nitrogen and oxygen atoms in total. The van der Waals surface area contributed by atoms with Crippen LogP contribution in [0, 0.1) is 0 Å². The Bertz CT molecular complexity index is 1230. The van der Waals surface area contributed by atoms with Crippen LogP contribution in [0.3, 0.4) is 0 Å². The molecule has 2 aliphatic heterocycles. The Hall–Kier alpha value is -4.01. The second kappa shape index (κ2) is 18.5. The summed E-state index contributed by atoms with van der Waals surface area (Å²) < 4.78 is 55.7. The van der Waals surface area contributed by atoms with Gasteiger partial charge in [-0.25, -0.2) is 0 Å². The first-order valence-electron chi connectivity index (χ1n) is 14.4. The van der Waals surface area contributed by atoms with Crippen molar-refractivity contribution in [3.63, 3.8) is 0 Å². The van der Waals surface area contributed by atoms with Gasteiger partial charge < -0.3 is 53.1 Å². The number of carbonyl (C=O) groups excluding carboxylic acids is 8. The Morgan fingerprint density at radius 2 is 0.917 bits per heavy atom. The smallest absolute Gasteiger partial charge is 0.303 e. The van der Waals surface area contributed by atoms with Crippen molar-refractivity contribution in [3.8, 4) is 0 Å². The van der Waals surface area contributed by atoms with Crippen LogP contribution in [0.2, 0.25) is 0 Å². The zero-order chi connectivity index (χ0) is 36.3. The number of esters is 7. The quantitative estimate of drug-likeness (QED) is 0.164. The fraction of sp³-hybridized carbons (Fsp3) is 0.714. The van der Waals surface area contributed by atoms with Gasteiger partial charge in [-0.1, -0.05) is 0 Å². The van der Waals surface area contributed by atoms with Gasteiger partial charge in [-0.2, -0.15) is 0 Å². The van der Waals surface area contributed by atoms with Crippen LogP contribution in [0.4, 0.5) is 0 Å². The van der Waals surface area contributed by atoms with Crippen molar-refractivity contribution in [2.24, 2.45) is 5.73 Å². The summed E-state index contributed by atoms with van der Waals surface area (Å²) in [7, 11) is 0. The fourth-order valence-corrected chi connectivity index (χ4v) is 5.72. The van der Waals surface area contributed by atoms with E-state index in [0.29, 0.717) is 0 Å². The van der Waals surface area contributed by atoms with E-state index in [2.05, 4.69) is 0 Å². The normalized spacial score (nSPS) is 29.7. The van der Waals surface area contributed by atoms with Crippen LogP contribution in [0.1, 0.15) is 48.5 Å². The molecule has 0 aromatic rings. The summed E-state index contributed by atoms with van der Waals surface area (Å²) in [5, 5.41) is 0. The molecule has 2 rings (SSSR count). The van der Waals surface area contributed by atoms with Crippen molar-refractivity contribution < 1.29 is 85.7 Å². The zero-order valence-corrected chi connectivity index (χ0v) is 28.0. The van der Waals surface area contributed by atoms with E-state index in [9.17, 15) is 38.4 Å². The Labute approximate surface area is 278 Å². The monoisotopic (exact) mass is 709 g/mol. The average Bonchev–Trinajstić information content (AvgIpc) is 2.94. The highest BCUT2D eigenvalue weighted by atomic mass is 32.2. The molecule has 0 aromatic heterocycles. The highest BCUT2D eigenvalue weighted by molar-refractivity contribution is 8.00. The van der Waals surface area contributed by atoms with Gasteiger partial charge in [-0.15, -0.1) is 11.8 Å². The summed E-state index contributed by atoms with van der Waals surface area (Å²) in [5.74, 6) is -7.05. The van der Waals surface area contributed by atoms with Crippen molar-refractivity contribution in [2.75, 3.05) is 19.0 Å². The van der Waals surface area contributed by atoms with Gasteiger partial charge in [0.2, 0.25) is 5.91 Å². The number of rotatable bonds is 14. The average molecular weight is 710 g/mol. The first-order valence-corrected chi connectivity index (χ1v) is 15.4. The minimum atomic E-state index is -1.80. The molecule has 2 saturated heterocycles. The predicted molar refractivity (Wildman–Crippen MR) is 155 cm³/mol. The van der Waals surface area contributed by atoms with Gasteiger partial charge >= 0.3 is 41.8 Å². The van der Waals surface area contributed by atoms with Crippen LogP contribution in [-0.2, 0) is 85.7 Å². The Kier molecular flexibility index (Phi) is 15.5. The van der Waals surface area contributed by atoms with E-state index in [0.717, 1.165) is 60.2 Å². The van der Waals surface area contributed by atoms with E-state index in [1.807, 2.05) is 0 Å². The number of primary amides is 1. The number of amides is 1. The molecule has 48 heavy (non-hydrogen) atoms. The Morgan fingerprint density at radius 1 is 0.521 bits per heavy atom. The standard InChI is InChI=1S/C28H39NO18S/c1-11(30)38-8-18-21(40-13(3)32)23(41-14(4)33)25(43-16(6)35)27(45-18)47-22-19(9-39-12(2)31)46-28(48-10-20(29)37)26(44-17(7)36)24(22)42-15(5)34/h18-19,21-28H,8-10H2,1-7H3,(H2,29,37)/t18-,19-,21-,22-,23+,24+,25-,26-,27-,28+/m1/s1. The molecule has 2 heterocycles. The summed E-state index contributed by atoms with van der Waals surface area (Å²) in [6, 6.07) is 0. The van der Waals surface area contributed by atoms with E-state index in [4.69, 9.17) is 53.1 Å². The molecule has 2 N–H and O–H groups in total. The molecule has 270 valence electrons. The van der Waals surface area contributed by atoms with E-state index >= 15 is 0 Å². The molecule has 10 atom stereocenters. The number of carbonyl (C=O) groups is 8. The molecular weight excluding hydrogens is 670 g/mol. The lowest BCUT2D eigenvalue weighted by atomic mass is 9.96. The van der Waals surface area contributed by atoms with Crippen molar-refractivity contribution >= 4 is 59.5 Å². The summed E-state index contributed by atoms with van der Waals surface area (Å²) in [6.07, 6.45) is -14.0. The second-order valence-electron chi connectivity index (χ2n) is 10.4. The van der Waals surface area contributed by atoms with Crippen LogP contribution < -0.4 is 5.73 Å². The number of hydrogen-bond acceptors (Lipinski definition) is 19. The maximum absolute atomic E-state index is 12.4. The number of ether oxygens (including phenoxy) is 10. The molecule has 0 bridgehead atoms. The van der Waals surface area contributed by atoms with E-state index < -0.39 is 121 Å². The molecule has 0 unspecified atom stereocenters. The predicted octanol–water partition coefficient (Wildman–Crippen LogP) is -1.18. The SMILES string of the molecule is CC(=O)OC[C@H]1O[C@@H](SCC(N)=O)[C@H](OC(C)=O)[C@@H](OC(C)=O)[C@@H]1O[C@H]1O[C@H](COC(C)=O)[C@@H](OC(C)=O)[C@H](OC(C)=O)[C@H]1OC(C)=O. The third-order valence-electron chi connectivity index (χ3n) is 6.28. The van der Waals surface area contributed by atoms with Gasteiger partial charge in [0.1, 0.15) is 37.0 Å². The summed E-state index contributed by atoms with van der Waals surface area (Å²) >= 11 is 0.788. The third kappa shape index (κ3) is 12.5. The topological polar surface area (TPSA) is 255 Å². The lowest BCUT2D eigenvalue weighted by molar-refractivity contribution is -0.341. The van der Waals surface area contributed by atoms with Crippen LogP contribution in [0.15, 0.2) is 0 Å². The molecule has 0 aliphatic carbocycles. The van der Waals surface area contributed by atoms with Crippen molar-refractivity contribution in [3.05, 3.63) is 0 Å². The van der Waals surface area contributed by atoms with Crippen LogP contribution >= 0.6 is 11.8 Å². The molecule has 0 spiro atoms. The van der Waals surface area contributed by atoms with E-state index in [1.54, 1.807) is 0 Å². The summed E-state index contributed by atoms with van der Waals surface area (Å²) in [4.78, 5) is 96.3. The minimum Gasteiger partial charge on any atom is -0.463 e. The molecular formula is C28H39NO18S. The first kappa shape index (κ1) is 40.2. The lowest BCUT2D eigenvalue weighted by Gasteiger charge is -2.48. The molecule has 20 heteroatoms. The Morgan fingerprint density at radius 3 is 1.35 bits per heavy atom. The third-order valence-corrected chi connectivity index (χ3v) is 7.43. The molecule has 2 fully saturated rings. The summed E-state index contributed by atoms with van der Waals surface area (Å²) in [5.41, 5.74) is 4.06. The van der Waals surface area contributed by atoms with Gasteiger partial charge in [0.15, 0.2) is 36.8 Å². The molecule has 2 aliphatic rings. The number of nitrogens with two attached hydrogens (primary N) is 1. The van der Waals surface area contributed by atoms with Crippen molar-refractivity contribution in [2.45, 2.75) is 109 Å². The molecule has 1 amide bonds. The second-order valence-corrected chi connectivity index (χ2v) is 11.5. The molecule has 0 radical (unpaired) electrons. The molecule has 0 aromatic carbocycles. The van der Waals surface area contributed by atoms with Gasteiger partial charge in [-0.3, -0.25) is 38.4 Å². The highest BCUT2D eigenvalue weighted by Gasteiger charge is 2.57. The van der Waals surface area contributed by atoms with E-state index in [-0.39, 0.29) is 5.75 Å². The van der Waals surface area contributed by atoms with Crippen molar-refractivity contribution in [1.29, 1.82) is 0 Å². The maximum Gasteiger partial charge on any atom is 0.303 e. The van der Waals surface area contributed by atoms with Crippen LogP contribution in [-0.4, -0.2) is 127 Å². The van der Waals surface area contributed by atoms with Crippen LogP contribution in [0.25, 0.3) is 0 Å². The van der Waals surface area contributed by atoms with Gasteiger partial charge in [0.25, 0.3) is 0 Å². The molecule has 0 saturated carbocycles.